The Labute approximate surface area is 208 Å². The number of ether oxygens (including phenoxy) is 2. The number of hydrogen-bond acceptors (Lipinski definition) is 6. The smallest absolute Gasteiger partial charge is 0.412 e. The van der Waals surface area contributed by atoms with E-state index in [4.69, 9.17) is 14.7 Å². The van der Waals surface area contributed by atoms with E-state index in [9.17, 15) is 14.7 Å². The lowest BCUT2D eigenvalue weighted by molar-refractivity contribution is -0.124. The lowest BCUT2D eigenvalue weighted by Crippen LogP contribution is -2.29. The molecule has 2 amide bonds. The van der Waals surface area contributed by atoms with Crippen LogP contribution in [0.15, 0.2) is 59.1 Å². The zero-order valence-electron chi connectivity index (χ0n) is 17.3. The highest BCUT2D eigenvalue weighted by Crippen LogP contribution is 2.34. The summed E-state index contributed by atoms with van der Waals surface area (Å²) in [5, 5.41) is 21.7. The van der Waals surface area contributed by atoms with E-state index < -0.39 is 24.2 Å². The van der Waals surface area contributed by atoms with Crippen molar-refractivity contribution in [1.29, 1.82) is 0 Å². The van der Waals surface area contributed by atoms with Crippen LogP contribution in [0.2, 0.25) is 0 Å². The highest BCUT2D eigenvalue weighted by atomic mass is 127. The maximum Gasteiger partial charge on any atom is 0.412 e. The molecule has 0 spiro atoms. The number of amides is 2. The Hall–Kier alpha value is -2.15. The largest absolute Gasteiger partial charge is 0.508 e. The quantitative estimate of drug-likeness (QED) is 0.124. The SMILES string of the molecule is CCO[C@@H](CC/C=C/C(=O)NO)[C@@H](OC(=O)Nc1ccc(Br)cc1)c1cc(I)ccc1O. The third kappa shape index (κ3) is 8.41. The minimum atomic E-state index is -0.903. The number of hydroxylamine groups is 1. The summed E-state index contributed by atoms with van der Waals surface area (Å²) in [6.07, 6.45) is 1.38. The fourth-order valence-corrected chi connectivity index (χ4v) is 3.69. The van der Waals surface area contributed by atoms with Crippen molar-refractivity contribution in [2.24, 2.45) is 0 Å². The molecule has 2 rings (SSSR count). The van der Waals surface area contributed by atoms with Gasteiger partial charge in [0.25, 0.3) is 5.91 Å². The first-order chi connectivity index (χ1) is 15.3. The number of anilines is 1. The van der Waals surface area contributed by atoms with Gasteiger partial charge in [-0.3, -0.25) is 15.3 Å². The van der Waals surface area contributed by atoms with Crippen molar-refractivity contribution in [2.75, 3.05) is 11.9 Å². The van der Waals surface area contributed by atoms with Gasteiger partial charge in [0, 0.05) is 32.0 Å². The van der Waals surface area contributed by atoms with E-state index in [1.807, 2.05) is 6.92 Å². The number of aromatic hydroxyl groups is 1. The van der Waals surface area contributed by atoms with E-state index >= 15 is 0 Å². The zero-order valence-corrected chi connectivity index (χ0v) is 21.0. The predicted molar refractivity (Wildman–Crippen MR) is 132 cm³/mol. The van der Waals surface area contributed by atoms with Gasteiger partial charge >= 0.3 is 6.09 Å². The Morgan fingerprint density at radius 3 is 2.59 bits per heavy atom. The van der Waals surface area contributed by atoms with Gasteiger partial charge < -0.3 is 14.6 Å². The van der Waals surface area contributed by atoms with Crippen LogP contribution in [0.3, 0.4) is 0 Å². The molecule has 2 atom stereocenters. The summed E-state index contributed by atoms with van der Waals surface area (Å²) in [5.41, 5.74) is 2.49. The second kappa shape index (κ2) is 13.4. The third-order valence-electron chi connectivity index (χ3n) is 4.34. The Balaban J connectivity index is 2.25. The molecular formula is C22H24BrIN2O6. The van der Waals surface area contributed by atoms with Crippen molar-refractivity contribution in [2.45, 2.75) is 32.0 Å². The van der Waals surface area contributed by atoms with Crippen LogP contribution >= 0.6 is 38.5 Å². The van der Waals surface area contributed by atoms with Crippen LogP contribution in [0.25, 0.3) is 0 Å². The van der Waals surface area contributed by atoms with Crippen molar-refractivity contribution in [3.8, 4) is 5.75 Å². The van der Waals surface area contributed by atoms with Gasteiger partial charge in [0.2, 0.25) is 0 Å². The molecule has 0 fully saturated rings. The predicted octanol–water partition coefficient (Wildman–Crippen LogP) is 5.30. The van der Waals surface area contributed by atoms with E-state index in [1.54, 1.807) is 42.5 Å². The van der Waals surface area contributed by atoms with Gasteiger partial charge in [-0.25, -0.2) is 10.3 Å². The standard InChI is InChI=1S/C22H24BrIN2O6/c1-2-31-19(5-3-4-6-20(28)26-30)21(17-13-15(24)9-12-18(17)27)32-22(29)25-16-10-7-14(23)8-11-16/h4,6-13,19,21,27,30H,2-3,5H2,1H3,(H,25,29)(H,26,28)/b6-4+/t19-,21-/m0/s1. The average molecular weight is 619 g/mol. The van der Waals surface area contributed by atoms with Gasteiger partial charge in [-0.15, -0.1) is 0 Å². The molecule has 0 heterocycles. The van der Waals surface area contributed by atoms with Crippen molar-refractivity contribution in [3.63, 3.8) is 0 Å². The fraction of sp³-hybridized carbons (Fsp3) is 0.273. The van der Waals surface area contributed by atoms with Crippen LogP contribution in [0.1, 0.15) is 31.4 Å². The van der Waals surface area contributed by atoms with E-state index in [0.717, 1.165) is 8.04 Å². The molecule has 0 aliphatic heterocycles. The van der Waals surface area contributed by atoms with Crippen LogP contribution in [-0.2, 0) is 14.3 Å². The number of rotatable bonds is 10. The van der Waals surface area contributed by atoms with Crippen LogP contribution in [-0.4, -0.2) is 35.0 Å². The molecule has 4 N–H and O–H groups in total. The fourth-order valence-electron chi connectivity index (χ4n) is 2.91. The van der Waals surface area contributed by atoms with Gasteiger partial charge in [0.05, 0.1) is 6.10 Å². The molecule has 2 aromatic rings. The van der Waals surface area contributed by atoms with Crippen LogP contribution < -0.4 is 10.8 Å². The minimum Gasteiger partial charge on any atom is -0.508 e. The van der Waals surface area contributed by atoms with Crippen molar-refractivity contribution < 1.29 is 29.4 Å². The first-order valence-electron chi connectivity index (χ1n) is 9.77. The molecule has 0 saturated carbocycles. The number of halogens is 2. The molecule has 172 valence electrons. The summed E-state index contributed by atoms with van der Waals surface area (Å²) in [5.74, 6) is -0.665. The monoisotopic (exact) mass is 618 g/mol. The molecule has 0 aromatic heterocycles. The summed E-state index contributed by atoms with van der Waals surface area (Å²) in [7, 11) is 0. The van der Waals surface area contributed by atoms with Gasteiger partial charge in [0.15, 0.2) is 6.10 Å². The molecule has 0 aliphatic carbocycles. The number of phenolic OH excluding ortho intramolecular Hbond substituents is 1. The van der Waals surface area contributed by atoms with E-state index in [2.05, 4.69) is 43.8 Å². The van der Waals surface area contributed by atoms with Gasteiger partial charge in [-0.2, -0.15) is 0 Å². The highest BCUT2D eigenvalue weighted by Gasteiger charge is 2.30. The van der Waals surface area contributed by atoms with E-state index in [-0.39, 0.29) is 5.75 Å². The van der Waals surface area contributed by atoms with Crippen LogP contribution in [0.4, 0.5) is 10.5 Å². The molecule has 2 aromatic carbocycles. The normalized spacial score (nSPS) is 12.9. The number of nitrogens with one attached hydrogen (secondary N) is 2. The molecule has 10 heteroatoms. The molecule has 0 bridgehead atoms. The highest BCUT2D eigenvalue weighted by molar-refractivity contribution is 14.1. The second-order valence-electron chi connectivity index (χ2n) is 6.61. The first kappa shape index (κ1) is 26.1. The van der Waals surface area contributed by atoms with Gasteiger partial charge in [-0.1, -0.05) is 22.0 Å². The van der Waals surface area contributed by atoms with Gasteiger partial charge in [0.1, 0.15) is 5.75 Å². The Bertz CT molecular complexity index is 939. The number of allylic oxidation sites excluding steroid dienone is 1. The van der Waals surface area contributed by atoms with E-state index in [1.165, 1.54) is 17.6 Å². The van der Waals surface area contributed by atoms with Crippen LogP contribution in [0, 0.1) is 3.57 Å². The maximum atomic E-state index is 12.7. The number of carbonyl (C=O) groups is 2. The molecule has 0 aliphatic rings. The lowest BCUT2D eigenvalue weighted by atomic mass is 9.99. The number of hydrogen-bond donors (Lipinski definition) is 4. The third-order valence-corrected chi connectivity index (χ3v) is 5.54. The number of phenols is 1. The van der Waals surface area contributed by atoms with E-state index in [0.29, 0.717) is 30.7 Å². The summed E-state index contributed by atoms with van der Waals surface area (Å²) < 4.78 is 13.3. The summed E-state index contributed by atoms with van der Waals surface area (Å²) >= 11 is 5.45. The minimum absolute atomic E-state index is 0.0215. The Morgan fingerprint density at radius 1 is 1.22 bits per heavy atom. The molecule has 32 heavy (non-hydrogen) atoms. The molecule has 0 saturated heterocycles. The molecular weight excluding hydrogens is 595 g/mol. The average Bonchev–Trinajstić information content (AvgIpc) is 2.77. The Kier molecular flexibility index (Phi) is 10.9. The summed E-state index contributed by atoms with van der Waals surface area (Å²) in [6, 6.07) is 12.0. The maximum absolute atomic E-state index is 12.7. The van der Waals surface area contributed by atoms with Crippen molar-refractivity contribution in [1.82, 2.24) is 5.48 Å². The molecule has 8 nitrogen and oxygen atoms in total. The van der Waals surface area contributed by atoms with Crippen LogP contribution in [0.5, 0.6) is 5.75 Å². The van der Waals surface area contributed by atoms with Crippen molar-refractivity contribution in [3.05, 3.63) is 68.2 Å². The number of carbonyl (C=O) groups excluding carboxylic acids is 2. The first-order valence-corrected chi connectivity index (χ1v) is 11.6. The van der Waals surface area contributed by atoms with Crippen molar-refractivity contribution >= 4 is 56.2 Å². The number of benzene rings is 2. The lowest BCUT2D eigenvalue weighted by Gasteiger charge is -2.28. The second-order valence-corrected chi connectivity index (χ2v) is 8.77. The van der Waals surface area contributed by atoms with Gasteiger partial charge in [-0.05, 0) is 84.8 Å². The molecule has 0 unspecified atom stereocenters. The zero-order chi connectivity index (χ0) is 23.5. The summed E-state index contributed by atoms with van der Waals surface area (Å²) in [4.78, 5) is 23.8. The topological polar surface area (TPSA) is 117 Å². The summed E-state index contributed by atoms with van der Waals surface area (Å²) in [6.45, 7) is 2.17. The molecule has 0 radical (unpaired) electrons. The Morgan fingerprint density at radius 2 is 1.94 bits per heavy atom.